The van der Waals surface area contributed by atoms with Crippen molar-refractivity contribution in [2.45, 2.75) is 13.1 Å². The molecule has 0 fully saturated rings. The number of aliphatic hydroxyl groups is 1. The molecule has 1 aromatic carbocycles. The number of methoxy groups -OCH3 is 1. The number of rotatable bonds is 7. The van der Waals surface area contributed by atoms with Crippen molar-refractivity contribution >= 4 is 22.2 Å². The van der Waals surface area contributed by atoms with Gasteiger partial charge in [0.05, 0.1) is 19.4 Å². The Hall–Kier alpha value is -1.95. The molecule has 5 heteroatoms. The summed E-state index contributed by atoms with van der Waals surface area (Å²) in [5, 5.41) is 12.5. The molecule has 120 valence electrons. The van der Waals surface area contributed by atoms with Crippen LogP contribution in [0.5, 0.6) is 5.75 Å². The first kappa shape index (κ1) is 15.9. The smallest absolute Gasteiger partial charge is 0.145 e. The Morgan fingerprint density at radius 1 is 1.13 bits per heavy atom. The number of hydrogen-bond acceptors (Lipinski definition) is 5. The number of para-hydroxylation sites is 1. The summed E-state index contributed by atoms with van der Waals surface area (Å²) in [7, 11) is 1.66. The molecule has 0 aliphatic heterocycles. The van der Waals surface area contributed by atoms with E-state index in [1.807, 2.05) is 24.3 Å². The summed E-state index contributed by atoms with van der Waals surface area (Å²) in [6.07, 6.45) is 0. The number of benzene rings is 1. The highest BCUT2D eigenvalue weighted by atomic mass is 32.1. The molecule has 2 aromatic heterocycles. The van der Waals surface area contributed by atoms with Gasteiger partial charge in [0.2, 0.25) is 0 Å². The first-order chi connectivity index (χ1) is 11.3. The Morgan fingerprint density at radius 2 is 2.04 bits per heavy atom. The average molecular weight is 328 g/mol. The lowest BCUT2D eigenvalue weighted by atomic mass is 10.2. The molecule has 0 spiro atoms. The summed E-state index contributed by atoms with van der Waals surface area (Å²) >= 11 is 1.73. The molecular weight excluding hydrogens is 308 g/mol. The van der Waals surface area contributed by atoms with E-state index in [4.69, 9.17) is 9.72 Å². The fraction of sp³-hybridized carbons (Fsp3) is 0.278. The van der Waals surface area contributed by atoms with Crippen molar-refractivity contribution < 1.29 is 9.84 Å². The zero-order valence-corrected chi connectivity index (χ0v) is 13.9. The van der Waals surface area contributed by atoms with Crippen molar-refractivity contribution in [2.75, 3.05) is 20.3 Å². The normalized spacial score (nSPS) is 11.3. The third-order valence-electron chi connectivity index (χ3n) is 3.72. The Labute approximate surface area is 140 Å². The average Bonchev–Trinajstić information content (AvgIpc) is 3.07. The van der Waals surface area contributed by atoms with Crippen LogP contribution in [0.2, 0.25) is 0 Å². The van der Waals surface area contributed by atoms with Crippen molar-refractivity contribution in [3.8, 4) is 5.75 Å². The van der Waals surface area contributed by atoms with E-state index < -0.39 is 0 Å². The molecular formula is C18H20N2O2S. The molecule has 0 unspecified atom stereocenters. The number of fused-ring (bicyclic) bond motifs is 1. The maximum Gasteiger partial charge on any atom is 0.145 e. The van der Waals surface area contributed by atoms with Crippen molar-refractivity contribution in [3.05, 3.63) is 58.4 Å². The zero-order chi connectivity index (χ0) is 16.1. The highest BCUT2D eigenvalue weighted by Gasteiger charge is 2.10. The molecule has 1 N–H and O–H groups in total. The van der Waals surface area contributed by atoms with Crippen molar-refractivity contribution in [1.82, 2.24) is 9.88 Å². The number of nitrogens with zero attached hydrogens (tertiary/aromatic N) is 2. The van der Waals surface area contributed by atoms with Crippen LogP contribution in [0.1, 0.15) is 10.6 Å². The predicted octanol–water partition coefficient (Wildman–Crippen LogP) is 3.30. The molecule has 0 aliphatic carbocycles. The molecule has 2 heterocycles. The predicted molar refractivity (Wildman–Crippen MR) is 93.8 cm³/mol. The molecule has 0 saturated carbocycles. The maximum atomic E-state index is 9.32. The number of hydrogen-bond donors (Lipinski definition) is 1. The van der Waals surface area contributed by atoms with Crippen LogP contribution >= 0.6 is 11.3 Å². The van der Waals surface area contributed by atoms with Crippen LogP contribution in [0.25, 0.3) is 10.9 Å². The largest absolute Gasteiger partial charge is 0.494 e. The number of aliphatic hydroxyl groups excluding tert-OH is 1. The molecule has 23 heavy (non-hydrogen) atoms. The van der Waals surface area contributed by atoms with Gasteiger partial charge in [-0.3, -0.25) is 4.90 Å². The van der Waals surface area contributed by atoms with Gasteiger partial charge in [-0.15, -0.1) is 11.3 Å². The van der Waals surface area contributed by atoms with Gasteiger partial charge >= 0.3 is 0 Å². The fourth-order valence-corrected chi connectivity index (χ4v) is 3.37. The Bertz CT molecular complexity index is 759. The van der Waals surface area contributed by atoms with E-state index in [-0.39, 0.29) is 6.61 Å². The van der Waals surface area contributed by atoms with Crippen LogP contribution in [0.3, 0.4) is 0 Å². The van der Waals surface area contributed by atoms with Crippen LogP contribution in [0.15, 0.2) is 47.8 Å². The van der Waals surface area contributed by atoms with Gasteiger partial charge in [0.1, 0.15) is 11.3 Å². The molecule has 4 nitrogen and oxygen atoms in total. The minimum absolute atomic E-state index is 0.141. The molecule has 0 aliphatic rings. The zero-order valence-electron chi connectivity index (χ0n) is 13.1. The van der Waals surface area contributed by atoms with Crippen molar-refractivity contribution in [3.63, 3.8) is 0 Å². The third-order valence-corrected chi connectivity index (χ3v) is 4.58. The van der Waals surface area contributed by atoms with Crippen LogP contribution in [0, 0.1) is 0 Å². The highest BCUT2D eigenvalue weighted by Crippen LogP contribution is 2.24. The molecule has 0 amide bonds. The number of thiophene rings is 1. The first-order valence-corrected chi connectivity index (χ1v) is 8.46. The quantitative estimate of drug-likeness (QED) is 0.723. The van der Waals surface area contributed by atoms with Crippen molar-refractivity contribution in [2.24, 2.45) is 0 Å². The Balaban J connectivity index is 1.83. The van der Waals surface area contributed by atoms with Crippen LogP contribution in [-0.4, -0.2) is 35.3 Å². The first-order valence-electron chi connectivity index (χ1n) is 7.58. The lowest BCUT2D eigenvalue weighted by Gasteiger charge is -2.20. The minimum Gasteiger partial charge on any atom is -0.494 e. The molecule has 0 radical (unpaired) electrons. The Kier molecular flexibility index (Phi) is 5.23. The second-order valence-electron chi connectivity index (χ2n) is 5.35. The maximum absolute atomic E-state index is 9.32. The SMILES string of the molecule is COc1cccc2ccc(CN(CCO)Cc3cccs3)nc12. The van der Waals surface area contributed by atoms with Gasteiger partial charge in [0, 0.05) is 29.9 Å². The van der Waals surface area contributed by atoms with Gasteiger partial charge in [-0.1, -0.05) is 24.3 Å². The summed E-state index contributed by atoms with van der Waals surface area (Å²) in [6, 6.07) is 14.2. The summed E-state index contributed by atoms with van der Waals surface area (Å²) in [5.74, 6) is 0.788. The number of pyridine rings is 1. The topological polar surface area (TPSA) is 45.6 Å². The van der Waals surface area contributed by atoms with E-state index in [1.54, 1.807) is 18.4 Å². The van der Waals surface area contributed by atoms with E-state index in [0.29, 0.717) is 13.1 Å². The summed E-state index contributed by atoms with van der Waals surface area (Å²) < 4.78 is 5.41. The van der Waals surface area contributed by atoms with E-state index in [0.717, 1.165) is 28.9 Å². The summed E-state index contributed by atoms with van der Waals surface area (Å²) in [6.45, 7) is 2.29. The molecule has 0 atom stereocenters. The van der Waals surface area contributed by atoms with Crippen molar-refractivity contribution in [1.29, 1.82) is 0 Å². The lowest BCUT2D eigenvalue weighted by molar-refractivity contribution is 0.184. The van der Waals surface area contributed by atoms with E-state index in [1.165, 1.54) is 4.88 Å². The van der Waals surface area contributed by atoms with E-state index >= 15 is 0 Å². The summed E-state index contributed by atoms with van der Waals surface area (Å²) in [5.41, 5.74) is 1.86. The van der Waals surface area contributed by atoms with E-state index in [9.17, 15) is 5.11 Å². The van der Waals surface area contributed by atoms with Gasteiger partial charge in [-0.25, -0.2) is 4.98 Å². The van der Waals surface area contributed by atoms with E-state index in [2.05, 4.69) is 28.5 Å². The standard InChI is InChI=1S/C18H20N2O2S/c1-22-17-6-2-4-14-7-8-15(19-18(14)17)12-20(9-10-21)13-16-5-3-11-23-16/h2-8,11,21H,9-10,12-13H2,1H3. The van der Waals surface area contributed by atoms with Gasteiger partial charge < -0.3 is 9.84 Å². The molecule has 0 saturated heterocycles. The lowest BCUT2D eigenvalue weighted by Crippen LogP contribution is -2.26. The van der Waals surface area contributed by atoms with Gasteiger partial charge in [-0.2, -0.15) is 0 Å². The van der Waals surface area contributed by atoms with Gasteiger partial charge in [0.15, 0.2) is 0 Å². The Morgan fingerprint density at radius 3 is 2.78 bits per heavy atom. The fourth-order valence-electron chi connectivity index (χ4n) is 2.62. The van der Waals surface area contributed by atoms with Crippen LogP contribution < -0.4 is 4.74 Å². The highest BCUT2D eigenvalue weighted by molar-refractivity contribution is 7.09. The van der Waals surface area contributed by atoms with Gasteiger partial charge in [-0.05, 0) is 23.6 Å². The third kappa shape index (κ3) is 3.88. The molecule has 0 bridgehead atoms. The minimum atomic E-state index is 0.141. The molecule has 3 rings (SSSR count). The second-order valence-corrected chi connectivity index (χ2v) is 6.38. The molecule has 3 aromatic rings. The van der Waals surface area contributed by atoms with Crippen LogP contribution in [0.4, 0.5) is 0 Å². The number of aromatic nitrogens is 1. The van der Waals surface area contributed by atoms with Crippen LogP contribution in [-0.2, 0) is 13.1 Å². The number of ether oxygens (including phenoxy) is 1. The second kappa shape index (κ2) is 7.55. The monoisotopic (exact) mass is 328 g/mol. The summed E-state index contributed by atoms with van der Waals surface area (Å²) in [4.78, 5) is 8.24. The van der Waals surface area contributed by atoms with Gasteiger partial charge in [0.25, 0.3) is 0 Å².